The molecule has 2 aliphatic rings. The number of nitrogens with one attached hydrogen (secondary N) is 1. The molecule has 1 fully saturated rings. The molecule has 2 aromatic rings. The summed E-state index contributed by atoms with van der Waals surface area (Å²) in [6.45, 7) is 5.62. The molecular weight excluding hydrogens is 390 g/mol. The second-order valence-electron chi connectivity index (χ2n) is 8.42. The van der Waals surface area contributed by atoms with Crippen molar-refractivity contribution in [1.29, 1.82) is 0 Å². The first-order valence-corrected chi connectivity index (χ1v) is 11.0. The molecule has 0 unspecified atom stereocenters. The van der Waals surface area contributed by atoms with Crippen molar-refractivity contribution in [3.8, 4) is 11.1 Å². The summed E-state index contributed by atoms with van der Waals surface area (Å²) in [4.78, 5) is 40.6. The number of piperidine rings is 1. The molecule has 0 saturated carbocycles. The Kier molecular flexibility index (Phi) is 6.07. The van der Waals surface area contributed by atoms with Gasteiger partial charge in [0.05, 0.1) is 0 Å². The van der Waals surface area contributed by atoms with E-state index in [1.54, 1.807) is 30.9 Å². The lowest BCUT2D eigenvalue weighted by Gasteiger charge is -2.29. The van der Waals surface area contributed by atoms with Gasteiger partial charge in [0.2, 0.25) is 11.8 Å². The first kappa shape index (κ1) is 21.1. The number of fused-ring (bicyclic) bond motifs is 1. The Morgan fingerprint density at radius 2 is 1.58 bits per heavy atom. The number of likely N-dealkylation sites (tertiary alicyclic amines) is 1. The minimum Gasteiger partial charge on any atom is -0.341 e. The van der Waals surface area contributed by atoms with Crippen LogP contribution in [-0.4, -0.2) is 48.3 Å². The molecular formula is C25H29N3O3. The van der Waals surface area contributed by atoms with E-state index in [1.807, 2.05) is 29.2 Å². The van der Waals surface area contributed by atoms with Crippen molar-refractivity contribution in [2.24, 2.45) is 0 Å². The highest BCUT2D eigenvalue weighted by atomic mass is 16.2. The number of carbonyl (C=O) groups is 3. The van der Waals surface area contributed by atoms with Crippen LogP contribution in [0.3, 0.4) is 0 Å². The molecule has 0 aliphatic carbocycles. The Bertz CT molecular complexity index is 994. The highest BCUT2D eigenvalue weighted by Gasteiger charge is 2.24. The van der Waals surface area contributed by atoms with Crippen molar-refractivity contribution >= 4 is 23.4 Å². The van der Waals surface area contributed by atoms with Gasteiger partial charge in [-0.15, -0.1) is 0 Å². The minimum absolute atomic E-state index is 0.0117. The summed E-state index contributed by atoms with van der Waals surface area (Å²) in [7, 11) is 0. The summed E-state index contributed by atoms with van der Waals surface area (Å²) >= 11 is 0. The Hall–Kier alpha value is -3.15. The standard InChI is InChI=1S/C25H29N3O3/c1-17(25(31)27-13-4-3-5-14-27)26-24(30)20-8-6-19(7-9-20)21-10-11-23-22(16-21)12-15-28(23)18(2)29/h6-11,16-17H,3-5,12-15H2,1-2H3,(H,26,30)/t17-/m0/s1. The van der Waals surface area contributed by atoms with Gasteiger partial charge in [-0.2, -0.15) is 0 Å². The quantitative estimate of drug-likeness (QED) is 0.826. The Morgan fingerprint density at radius 3 is 2.26 bits per heavy atom. The van der Waals surface area contributed by atoms with Crippen molar-refractivity contribution in [3.63, 3.8) is 0 Å². The van der Waals surface area contributed by atoms with Crippen LogP contribution in [0.25, 0.3) is 11.1 Å². The van der Waals surface area contributed by atoms with Crippen molar-refractivity contribution in [2.75, 3.05) is 24.5 Å². The number of anilines is 1. The smallest absolute Gasteiger partial charge is 0.251 e. The summed E-state index contributed by atoms with van der Waals surface area (Å²) < 4.78 is 0. The third-order valence-corrected chi connectivity index (χ3v) is 6.22. The molecule has 31 heavy (non-hydrogen) atoms. The highest BCUT2D eigenvalue weighted by Crippen LogP contribution is 2.32. The first-order valence-electron chi connectivity index (χ1n) is 11.0. The Labute approximate surface area is 183 Å². The molecule has 0 spiro atoms. The Morgan fingerprint density at radius 1 is 0.903 bits per heavy atom. The molecule has 0 bridgehead atoms. The van der Waals surface area contributed by atoms with Gasteiger partial charge in [-0.25, -0.2) is 0 Å². The monoisotopic (exact) mass is 419 g/mol. The van der Waals surface area contributed by atoms with E-state index in [0.717, 1.165) is 62.1 Å². The molecule has 6 heteroatoms. The van der Waals surface area contributed by atoms with E-state index in [0.29, 0.717) is 5.56 Å². The van der Waals surface area contributed by atoms with Gasteiger partial charge in [-0.3, -0.25) is 14.4 Å². The SMILES string of the molecule is CC(=O)N1CCc2cc(-c3ccc(C(=O)N[C@@H](C)C(=O)N4CCCCC4)cc3)ccc21. The number of carbonyl (C=O) groups excluding carboxylic acids is 3. The second kappa shape index (κ2) is 8.92. The average molecular weight is 420 g/mol. The molecule has 0 radical (unpaired) electrons. The maximum absolute atomic E-state index is 12.6. The molecule has 2 aromatic carbocycles. The predicted octanol–water partition coefficient (Wildman–Crippen LogP) is 3.39. The molecule has 2 heterocycles. The van der Waals surface area contributed by atoms with Crippen molar-refractivity contribution < 1.29 is 14.4 Å². The molecule has 6 nitrogen and oxygen atoms in total. The van der Waals surface area contributed by atoms with Crippen molar-refractivity contribution in [3.05, 3.63) is 53.6 Å². The predicted molar refractivity (Wildman–Crippen MR) is 121 cm³/mol. The van der Waals surface area contributed by atoms with Crippen LogP contribution in [-0.2, 0) is 16.0 Å². The Balaban J connectivity index is 1.42. The van der Waals surface area contributed by atoms with Crippen LogP contribution in [0.15, 0.2) is 42.5 Å². The molecule has 4 rings (SSSR count). The fraction of sp³-hybridized carbons (Fsp3) is 0.400. The molecule has 162 valence electrons. The normalized spacial score (nSPS) is 16.6. The average Bonchev–Trinajstić information content (AvgIpc) is 3.23. The largest absolute Gasteiger partial charge is 0.341 e. The van der Waals surface area contributed by atoms with Gasteiger partial charge >= 0.3 is 0 Å². The molecule has 0 aromatic heterocycles. The fourth-order valence-electron chi connectivity index (χ4n) is 4.45. The fourth-order valence-corrected chi connectivity index (χ4v) is 4.45. The number of amides is 3. The van der Waals surface area contributed by atoms with Gasteiger partial charge in [0, 0.05) is 37.8 Å². The van der Waals surface area contributed by atoms with Crippen molar-refractivity contribution in [1.82, 2.24) is 10.2 Å². The summed E-state index contributed by atoms with van der Waals surface area (Å²) in [6, 6.07) is 13.0. The van der Waals surface area contributed by atoms with Crippen molar-refractivity contribution in [2.45, 2.75) is 45.6 Å². The lowest BCUT2D eigenvalue weighted by molar-refractivity contribution is -0.133. The lowest BCUT2D eigenvalue weighted by atomic mass is 10.0. The molecule has 1 saturated heterocycles. The highest BCUT2D eigenvalue weighted by molar-refractivity contribution is 5.98. The molecule has 1 atom stereocenters. The molecule has 1 N–H and O–H groups in total. The number of nitrogens with zero attached hydrogens (tertiary/aromatic N) is 2. The van der Waals surface area contributed by atoms with E-state index in [1.165, 1.54) is 5.56 Å². The first-order chi connectivity index (χ1) is 14.9. The van der Waals surface area contributed by atoms with Gasteiger partial charge in [-0.1, -0.05) is 18.2 Å². The van der Waals surface area contributed by atoms with Gasteiger partial charge in [0.1, 0.15) is 6.04 Å². The van der Waals surface area contributed by atoms with Gasteiger partial charge in [0.15, 0.2) is 0 Å². The van der Waals surface area contributed by atoms with Crippen LogP contribution in [0.1, 0.15) is 49.0 Å². The van der Waals surface area contributed by atoms with Crippen LogP contribution in [0.2, 0.25) is 0 Å². The topological polar surface area (TPSA) is 69.7 Å². The zero-order chi connectivity index (χ0) is 22.0. The van der Waals surface area contributed by atoms with Crippen LogP contribution < -0.4 is 10.2 Å². The van der Waals surface area contributed by atoms with Crippen LogP contribution >= 0.6 is 0 Å². The zero-order valence-corrected chi connectivity index (χ0v) is 18.2. The summed E-state index contributed by atoms with van der Waals surface area (Å²) in [6.07, 6.45) is 4.08. The van der Waals surface area contributed by atoms with E-state index < -0.39 is 6.04 Å². The van der Waals surface area contributed by atoms with E-state index in [4.69, 9.17) is 0 Å². The second-order valence-corrected chi connectivity index (χ2v) is 8.42. The third kappa shape index (κ3) is 4.48. The van der Waals surface area contributed by atoms with E-state index in [-0.39, 0.29) is 17.7 Å². The zero-order valence-electron chi connectivity index (χ0n) is 18.2. The summed E-state index contributed by atoms with van der Waals surface area (Å²) in [5.41, 5.74) is 4.76. The maximum atomic E-state index is 12.6. The molecule has 2 aliphatic heterocycles. The van der Waals surface area contributed by atoms with Crippen LogP contribution in [0.5, 0.6) is 0 Å². The summed E-state index contributed by atoms with van der Waals surface area (Å²) in [5.74, 6) is -0.187. The van der Waals surface area contributed by atoms with E-state index >= 15 is 0 Å². The van der Waals surface area contributed by atoms with E-state index in [9.17, 15) is 14.4 Å². The third-order valence-electron chi connectivity index (χ3n) is 6.22. The van der Waals surface area contributed by atoms with Crippen LogP contribution in [0.4, 0.5) is 5.69 Å². The van der Waals surface area contributed by atoms with Crippen LogP contribution in [0, 0.1) is 0 Å². The number of hydrogen-bond donors (Lipinski definition) is 1. The van der Waals surface area contributed by atoms with Gasteiger partial charge in [-0.05, 0) is 73.6 Å². The number of benzene rings is 2. The van der Waals surface area contributed by atoms with Gasteiger partial charge < -0.3 is 15.1 Å². The minimum atomic E-state index is -0.536. The lowest BCUT2D eigenvalue weighted by Crippen LogP contribution is -2.48. The molecule has 3 amide bonds. The summed E-state index contributed by atoms with van der Waals surface area (Å²) in [5, 5.41) is 2.83. The van der Waals surface area contributed by atoms with E-state index in [2.05, 4.69) is 11.4 Å². The number of hydrogen-bond acceptors (Lipinski definition) is 3. The number of rotatable bonds is 4. The maximum Gasteiger partial charge on any atom is 0.251 e. The van der Waals surface area contributed by atoms with Gasteiger partial charge in [0.25, 0.3) is 5.91 Å².